The first-order chi connectivity index (χ1) is 13.1. The van der Waals surface area contributed by atoms with Gasteiger partial charge in [-0.15, -0.1) is 11.6 Å². The first-order valence-electron chi connectivity index (χ1n) is 9.78. The van der Waals surface area contributed by atoms with Crippen molar-refractivity contribution in [1.29, 1.82) is 0 Å². The summed E-state index contributed by atoms with van der Waals surface area (Å²) in [5.41, 5.74) is 1.92. The molecule has 6 heteroatoms. The summed E-state index contributed by atoms with van der Waals surface area (Å²) in [4.78, 5) is 27.4. The predicted molar refractivity (Wildman–Crippen MR) is 108 cm³/mol. The third-order valence-electron chi connectivity index (χ3n) is 5.09. The molecule has 0 radical (unpaired) electrons. The van der Waals surface area contributed by atoms with Crippen LogP contribution < -0.4 is 5.32 Å². The van der Waals surface area contributed by atoms with Crippen molar-refractivity contribution in [3.05, 3.63) is 35.4 Å². The Morgan fingerprint density at radius 1 is 1.22 bits per heavy atom. The molecule has 1 N–H and O–H groups in total. The minimum Gasteiger partial charge on any atom is -0.385 e. The van der Waals surface area contributed by atoms with E-state index in [1.54, 1.807) is 12.0 Å². The Morgan fingerprint density at radius 2 is 1.89 bits per heavy atom. The number of halogens is 1. The second-order valence-electron chi connectivity index (χ2n) is 7.22. The molecule has 1 aliphatic carbocycles. The van der Waals surface area contributed by atoms with Crippen molar-refractivity contribution in [2.24, 2.45) is 0 Å². The van der Waals surface area contributed by atoms with Crippen LogP contribution in [0.4, 0.5) is 0 Å². The summed E-state index contributed by atoms with van der Waals surface area (Å²) in [7, 11) is 1.63. The highest BCUT2D eigenvalue weighted by Gasteiger charge is 2.32. The fourth-order valence-electron chi connectivity index (χ4n) is 3.60. The van der Waals surface area contributed by atoms with Crippen molar-refractivity contribution in [1.82, 2.24) is 10.2 Å². The Hall–Kier alpha value is -1.59. The normalized spacial score (nSPS) is 16.0. The van der Waals surface area contributed by atoms with E-state index < -0.39 is 6.04 Å². The molecule has 5 nitrogen and oxygen atoms in total. The van der Waals surface area contributed by atoms with Crippen LogP contribution in [0.5, 0.6) is 0 Å². The lowest BCUT2D eigenvalue weighted by atomic mass is 9.94. The maximum Gasteiger partial charge on any atom is 0.247 e. The number of carbonyl (C=O) groups excluding carboxylic acids is 2. The Morgan fingerprint density at radius 3 is 2.48 bits per heavy atom. The number of carbonyl (C=O) groups is 2. The fraction of sp³-hybridized carbons (Fsp3) is 0.619. The van der Waals surface area contributed by atoms with E-state index in [4.69, 9.17) is 16.3 Å². The number of benzene rings is 1. The maximum absolute atomic E-state index is 13.2. The van der Waals surface area contributed by atoms with Crippen molar-refractivity contribution < 1.29 is 14.3 Å². The Balaban J connectivity index is 2.26. The number of rotatable bonds is 9. The zero-order chi connectivity index (χ0) is 19.6. The number of hydrogen-bond donors (Lipinski definition) is 1. The zero-order valence-electron chi connectivity index (χ0n) is 16.4. The lowest BCUT2D eigenvalue weighted by Crippen LogP contribution is -2.47. The summed E-state index contributed by atoms with van der Waals surface area (Å²) in [6.45, 7) is 2.95. The molecule has 0 unspecified atom stereocenters. The number of methoxy groups -OCH3 is 1. The fourth-order valence-corrected chi connectivity index (χ4v) is 3.76. The van der Waals surface area contributed by atoms with Crippen LogP contribution in [0.2, 0.25) is 0 Å². The van der Waals surface area contributed by atoms with Crippen LogP contribution in [0.15, 0.2) is 24.3 Å². The van der Waals surface area contributed by atoms with E-state index in [0.29, 0.717) is 19.6 Å². The largest absolute Gasteiger partial charge is 0.385 e. The number of hydrogen-bond acceptors (Lipinski definition) is 3. The van der Waals surface area contributed by atoms with Crippen molar-refractivity contribution in [2.45, 2.75) is 57.5 Å². The molecule has 0 bridgehead atoms. The highest BCUT2D eigenvalue weighted by Crippen LogP contribution is 2.25. The van der Waals surface area contributed by atoms with Gasteiger partial charge in [0.1, 0.15) is 11.9 Å². The SMILES string of the molecule is COCCCN(C(=O)CCl)[C@@H](C(=O)NC1CCCCC1)c1ccc(C)cc1. The van der Waals surface area contributed by atoms with Gasteiger partial charge in [-0.1, -0.05) is 49.1 Å². The molecule has 2 amide bonds. The predicted octanol–water partition coefficient (Wildman–Crippen LogP) is 3.59. The van der Waals surface area contributed by atoms with Gasteiger partial charge in [0, 0.05) is 26.3 Å². The van der Waals surface area contributed by atoms with Crippen LogP contribution in [0.1, 0.15) is 55.7 Å². The van der Waals surface area contributed by atoms with E-state index in [9.17, 15) is 9.59 Å². The molecule has 1 atom stereocenters. The molecule has 27 heavy (non-hydrogen) atoms. The average Bonchev–Trinajstić information content (AvgIpc) is 2.68. The highest BCUT2D eigenvalue weighted by atomic mass is 35.5. The van der Waals surface area contributed by atoms with E-state index in [1.165, 1.54) is 6.42 Å². The smallest absolute Gasteiger partial charge is 0.247 e. The summed E-state index contributed by atoms with van der Waals surface area (Å²) >= 11 is 5.86. The second-order valence-corrected chi connectivity index (χ2v) is 7.49. The number of ether oxygens (including phenoxy) is 1. The quantitative estimate of drug-likeness (QED) is 0.514. The Kier molecular flexibility index (Phi) is 9.08. The van der Waals surface area contributed by atoms with Gasteiger partial charge in [-0.2, -0.15) is 0 Å². The molecule has 0 heterocycles. The topological polar surface area (TPSA) is 58.6 Å². The van der Waals surface area contributed by atoms with Crippen molar-refractivity contribution >= 4 is 23.4 Å². The summed E-state index contributed by atoms with van der Waals surface area (Å²) in [5.74, 6) is -0.509. The summed E-state index contributed by atoms with van der Waals surface area (Å²) < 4.78 is 5.12. The number of alkyl halides is 1. The van der Waals surface area contributed by atoms with Gasteiger partial charge in [0.05, 0.1) is 0 Å². The molecule has 0 spiro atoms. The van der Waals surface area contributed by atoms with Crippen molar-refractivity contribution in [2.75, 3.05) is 26.1 Å². The minimum absolute atomic E-state index is 0.123. The molecule has 1 fully saturated rings. The van der Waals surface area contributed by atoms with E-state index >= 15 is 0 Å². The molecule has 150 valence electrons. The molecular formula is C21H31ClN2O3. The number of amides is 2. The molecule has 0 aliphatic heterocycles. The van der Waals surface area contributed by atoms with Gasteiger partial charge in [0.2, 0.25) is 11.8 Å². The number of aryl methyl sites for hydroxylation is 1. The van der Waals surface area contributed by atoms with E-state index in [2.05, 4.69) is 5.32 Å². The third kappa shape index (κ3) is 6.51. The minimum atomic E-state index is -0.671. The molecule has 2 rings (SSSR count). The third-order valence-corrected chi connectivity index (χ3v) is 5.32. The van der Waals surface area contributed by atoms with Gasteiger partial charge in [-0.3, -0.25) is 9.59 Å². The Labute approximate surface area is 167 Å². The lowest BCUT2D eigenvalue weighted by molar-refractivity contribution is -0.139. The van der Waals surface area contributed by atoms with Crippen molar-refractivity contribution in [3.63, 3.8) is 0 Å². The monoisotopic (exact) mass is 394 g/mol. The zero-order valence-corrected chi connectivity index (χ0v) is 17.1. The van der Waals surface area contributed by atoms with Gasteiger partial charge in [0.15, 0.2) is 0 Å². The van der Waals surface area contributed by atoms with Crippen LogP contribution in [0.3, 0.4) is 0 Å². The van der Waals surface area contributed by atoms with Crippen LogP contribution in [-0.2, 0) is 14.3 Å². The maximum atomic E-state index is 13.2. The summed E-state index contributed by atoms with van der Waals surface area (Å²) in [5, 5.41) is 3.17. The van der Waals surface area contributed by atoms with Gasteiger partial charge < -0.3 is 15.0 Å². The standard InChI is InChI=1S/C21H31ClN2O3/c1-16-9-11-17(12-10-16)20(21(26)23-18-7-4-3-5-8-18)24(19(25)15-22)13-6-14-27-2/h9-12,18,20H,3-8,13-15H2,1-2H3,(H,23,26)/t20-/m1/s1. The van der Waals surface area contributed by atoms with Gasteiger partial charge >= 0.3 is 0 Å². The van der Waals surface area contributed by atoms with E-state index in [0.717, 1.165) is 36.8 Å². The summed E-state index contributed by atoms with van der Waals surface area (Å²) in [6, 6.07) is 7.29. The van der Waals surface area contributed by atoms with Crippen LogP contribution in [0, 0.1) is 6.92 Å². The van der Waals surface area contributed by atoms with Gasteiger partial charge in [0.25, 0.3) is 0 Å². The molecule has 0 saturated heterocycles. The molecule has 1 aromatic rings. The average molecular weight is 395 g/mol. The molecule has 1 saturated carbocycles. The number of nitrogens with one attached hydrogen (secondary N) is 1. The molecular weight excluding hydrogens is 364 g/mol. The first kappa shape index (κ1) is 21.7. The molecule has 1 aromatic carbocycles. The van der Waals surface area contributed by atoms with E-state index in [-0.39, 0.29) is 23.7 Å². The van der Waals surface area contributed by atoms with Crippen LogP contribution in [0.25, 0.3) is 0 Å². The second kappa shape index (κ2) is 11.3. The van der Waals surface area contributed by atoms with Gasteiger partial charge in [-0.05, 0) is 31.7 Å². The molecule has 0 aromatic heterocycles. The molecule has 1 aliphatic rings. The highest BCUT2D eigenvalue weighted by molar-refractivity contribution is 6.27. The van der Waals surface area contributed by atoms with E-state index in [1.807, 2.05) is 31.2 Å². The van der Waals surface area contributed by atoms with Crippen molar-refractivity contribution in [3.8, 4) is 0 Å². The van der Waals surface area contributed by atoms with Crippen LogP contribution in [-0.4, -0.2) is 48.9 Å². The van der Waals surface area contributed by atoms with Crippen LogP contribution >= 0.6 is 11.6 Å². The number of nitrogens with zero attached hydrogens (tertiary/aromatic N) is 1. The Bertz CT molecular complexity index is 600. The summed E-state index contributed by atoms with van der Waals surface area (Å²) in [6.07, 6.45) is 6.15. The van der Waals surface area contributed by atoms with Gasteiger partial charge in [-0.25, -0.2) is 0 Å². The first-order valence-corrected chi connectivity index (χ1v) is 10.3. The lowest BCUT2D eigenvalue weighted by Gasteiger charge is -2.33.